The van der Waals surface area contributed by atoms with Crippen molar-refractivity contribution in [3.63, 3.8) is 0 Å². The molecule has 0 aromatic heterocycles. The average molecular weight is 218 g/mol. The lowest BCUT2D eigenvalue weighted by atomic mass is 10.1. The van der Waals surface area contributed by atoms with E-state index in [0.29, 0.717) is 0 Å². The first-order valence-corrected chi connectivity index (χ1v) is 3.95. The summed E-state index contributed by atoms with van der Waals surface area (Å²) in [4.78, 5) is 20.4. The number of nitro benzene ring substituents is 1. The van der Waals surface area contributed by atoms with Crippen LogP contribution >= 0.6 is 11.6 Å². The van der Waals surface area contributed by atoms with Gasteiger partial charge in [-0.1, -0.05) is 11.6 Å². The number of Topliss-reactive ketones (excluding diaryl/α,β-unsaturated/α-hetero) is 1. The van der Waals surface area contributed by atoms with Gasteiger partial charge in [-0.25, -0.2) is 4.39 Å². The van der Waals surface area contributed by atoms with Crippen LogP contribution < -0.4 is 0 Å². The highest BCUT2D eigenvalue weighted by Gasteiger charge is 2.19. The quantitative estimate of drug-likeness (QED) is 0.435. The van der Waals surface area contributed by atoms with Crippen molar-refractivity contribution in [3.05, 3.63) is 38.7 Å². The van der Waals surface area contributed by atoms with E-state index in [-0.39, 0.29) is 5.56 Å². The molecule has 0 heterocycles. The third kappa shape index (κ3) is 1.88. The van der Waals surface area contributed by atoms with Crippen molar-refractivity contribution in [3.8, 4) is 0 Å². The number of halogens is 2. The van der Waals surface area contributed by atoms with Gasteiger partial charge in [0.2, 0.25) is 0 Å². The minimum absolute atomic E-state index is 0.0707. The van der Waals surface area contributed by atoms with E-state index < -0.39 is 27.2 Å². The number of carbonyl (C=O) groups excluding carboxylic acids is 1. The first-order valence-electron chi connectivity index (χ1n) is 3.58. The summed E-state index contributed by atoms with van der Waals surface area (Å²) in [5, 5.41) is 9.81. The molecule has 0 atom stereocenters. The summed E-state index contributed by atoms with van der Waals surface area (Å²) in [5.41, 5.74) is -0.671. The summed E-state index contributed by atoms with van der Waals surface area (Å²) in [6.45, 7) is 1.19. The van der Waals surface area contributed by atoms with Crippen LogP contribution in [0.3, 0.4) is 0 Å². The van der Waals surface area contributed by atoms with Crippen LogP contribution in [0.4, 0.5) is 10.1 Å². The minimum Gasteiger partial charge on any atom is -0.295 e. The number of nitrogens with zero attached hydrogens (tertiary/aromatic N) is 1. The topological polar surface area (TPSA) is 60.2 Å². The predicted octanol–water partition coefficient (Wildman–Crippen LogP) is 2.59. The molecule has 74 valence electrons. The number of hydrogen-bond acceptors (Lipinski definition) is 3. The molecular formula is C8H5ClFNO3. The smallest absolute Gasteiger partial charge is 0.291 e. The van der Waals surface area contributed by atoms with E-state index in [2.05, 4.69) is 0 Å². The molecule has 0 aliphatic rings. The number of benzene rings is 1. The average Bonchev–Trinajstić information content (AvgIpc) is 2.08. The molecule has 0 N–H and O–H groups in total. The lowest BCUT2D eigenvalue weighted by Crippen LogP contribution is -1.98. The Morgan fingerprint density at radius 2 is 2.14 bits per heavy atom. The van der Waals surface area contributed by atoms with Crippen molar-refractivity contribution in [2.45, 2.75) is 6.92 Å². The van der Waals surface area contributed by atoms with Gasteiger partial charge in [-0.2, -0.15) is 0 Å². The largest absolute Gasteiger partial charge is 0.295 e. The van der Waals surface area contributed by atoms with Crippen molar-refractivity contribution in [1.29, 1.82) is 0 Å². The van der Waals surface area contributed by atoms with Crippen molar-refractivity contribution in [2.24, 2.45) is 0 Å². The fourth-order valence-electron chi connectivity index (χ4n) is 0.911. The van der Waals surface area contributed by atoms with Crippen LogP contribution in [-0.4, -0.2) is 10.7 Å². The van der Waals surface area contributed by atoms with Crippen LogP contribution in [0.15, 0.2) is 12.1 Å². The van der Waals surface area contributed by atoms with Gasteiger partial charge in [-0.05, 0) is 13.0 Å². The Hall–Kier alpha value is -1.49. The molecule has 0 aliphatic carbocycles. The van der Waals surface area contributed by atoms with Crippen molar-refractivity contribution in [2.75, 3.05) is 0 Å². The first-order chi connectivity index (χ1) is 6.43. The second-order valence-corrected chi connectivity index (χ2v) is 2.98. The Morgan fingerprint density at radius 1 is 1.57 bits per heavy atom. The number of hydrogen-bond donors (Lipinski definition) is 0. The normalized spacial score (nSPS) is 9.93. The zero-order valence-corrected chi connectivity index (χ0v) is 7.84. The fraction of sp³-hybridized carbons (Fsp3) is 0.125. The summed E-state index contributed by atoms with van der Waals surface area (Å²) in [7, 11) is 0. The van der Waals surface area contributed by atoms with Gasteiger partial charge in [0.25, 0.3) is 5.69 Å². The van der Waals surface area contributed by atoms with E-state index >= 15 is 0 Å². The molecule has 1 aromatic carbocycles. The van der Waals surface area contributed by atoms with E-state index in [1.54, 1.807) is 0 Å². The Labute approximate surface area is 83.4 Å². The van der Waals surface area contributed by atoms with Gasteiger partial charge in [-0.3, -0.25) is 14.9 Å². The second-order valence-electron chi connectivity index (χ2n) is 2.60. The van der Waals surface area contributed by atoms with Gasteiger partial charge in [0.05, 0.1) is 4.92 Å². The van der Waals surface area contributed by atoms with E-state index in [4.69, 9.17) is 11.6 Å². The van der Waals surface area contributed by atoms with E-state index in [9.17, 15) is 19.3 Å². The third-order valence-electron chi connectivity index (χ3n) is 1.61. The monoisotopic (exact) mass is 217 g/mol. The number of rotatable bonds is 2. The highest BCUT2D eigenvalue weighted by Crippen LogP contribution is 2.28. The molecule has 1 aromatic rings. The highest BCUT2D eigenvalue weighted by atomic mass is 35.5. The lowest BCUT2D eigenvalue weighted by Gasteiger charge is -1.99. The van der Waals surface area contributed by atoms with Crippen LogP contribution in [0.1, 0.15) is 17.3 Å². The molecule has 6 heteroatoms. The highest BCUT2D eigenvalue weighted by molar-refractivity contribution is 6.33. The standard InChI is InChI=1S/C8H5ClFNO3/c1-4(12)5-2-6(10)8(9)7(3-5)11(13)14/h2-3H,1H3. The number of ketones is 1. The molecule has 0 bridgehead atoms. The van der Waals surface area contributed by atoms with Crippen LogP contribution in [0.5, 0.6) is 0 Å². The Kier molecular flexibility index (Phi) is 2.81. The second kappa shape index (κ2) is 3.71. The van der Waals surface area contributed by atoms with E-state index in [0.717, 1.165) is 12.1 Å². The Morgan fingerprint density at radius 3 is 2.57 bits per heavy atom. The zero-order chi connectivity index (χ0) is 10.9. The maximum atomic E-state index is 13.0. The number of carbonyl (C=O) groups is 1. The summed E-state index contributed by atoms with van der Waals surface area (Å²) in [5.74, 6) is -1.42. The fourth-order valence-corrected chi connectivity index (χ4v) is 1.09. The van der Waals surface area contributed by atoms with Crippen LogP contribution in [0, 0.1) is 15.9 Å². The Balaban J connectivity index is 3.43. The predicted molar refractivity (Wildman–Crippen MR) is 48.1 cm³/mol. The van der Waals surface area contributed by atoms with Crippen LogP contribution in [0.2, 0.25) is 5.02 Å². The summed E-state index contributed by atoms with van der Waals surface area (Å²) < 4.78 is 13.0. The molecule has 0 spiro atoms. The summed E-state index contributed by atoms with van der Waals surface area (Å²) in [6.07, 6.45) is 0. The molecule has 0 radical (unpaired) electrons. The van der Waals surface area contributed by atoms with Gasteiger partial charge in [-0.15, -0.1) is 0 Å². The summed E-state index contributed by atoms with van der Waals surface area (Å²) >= 11 is 5.34. The molecule has 0 unspecified atom stereocenters. The minimum atomic E-state index is -0.967. The molecule has 0 aliphatic heterocycles. The third-order valence-corrected chi connectivity index (χ3v) is 1.99. The van der Waals surface area contributed by atoms with Crippen molar-refractivity contribution < 1.29 is 14.1 Å². The maximum absolute atomic E-state index is 13.0. The molecule has 0 fully saturated rings. The first kappa shape index (κ1) is 10.6. The van der Waals surface area contributed by atoms with Crippen molar-refractivity contribution in [1.82, 2.24) is 0 Å². The molecule has 0 saturated carbocycles. The molecule has 0 saturated heterocycles. The molecular weight excluding hydrogens is 213 g/mol. The van der Waals surface area contributed by atoms with Crippen LogP contribution in [-0.2, 0) is 0 Å². The van der Waals surface area contributed by atoms with Crippen molar-refractivity contribution >= 4 is 23.1 Å². The van der Waals surface area contributed by atoms with Crippen LogP contribution in [0.25, 0.3) is 0 Å². The lowest BCUT2D eigenvalue weighted by molar-refractivity contribution is -0.384. The van der Waals surface area contributed by atoms with Gasteiger partial charge in [0.15, 0.2) is 10.8 Å². The molecule has 0 amide bonds. The van der Waals surface area contributed by atoms with Gasteiger partial charge in [0.1, 0.15) is 5.82 Å². The summed E-state index contributed by atoms with van der Waals surface area (Å²) in [6, 6.07) is 1.82. The molecule has 4 nitrogen and oxygen atoms in total. The maximum Gasteiger partial charge on any atom is 0.291 e. The van der Waals surface area contributed by atoms with Gasteiger partial charge in [0, 0.05) is 11.6 Å². The van der Waals surface area contributed by atoms with E-state index in [1.807, 2.05) is 0 Å². The SMILES string of the molecule is CC(=O)c1cc(F)c(Cl)c([N+](=O)[O-])c1. The van der Waals surface area contributed by atoms with Gasteiger partial charge >= 0.3 is 0 Å². The molecule has 14 heavy (non-hydrogen) atoms. The van der Waals surface area contributed by atoms with Gasteiger partial charge < -0.3 is 0 Å². The molecule has 1 rings (SSSR count). The number of nitro groups is 1. The Bertz CT molecular complexity index is 419. The van der Waals surface area contributed by atoms with E-state index in [1.165, 1.54) is 6.92 Å². The zero-order valence-electron chi connectivity index (χ0n) is 7.08.